The van der Waals surface area contributed by atoms with E-state index in [0.29, 0.717) is 6.04 Å². The maximum atomic E-state index is 3.58. The first-order valence-corrected chi connectivity index (χ1v) is 7.23. The second-order valence-corrected chi connectivity index (χ2v) is 5.26. The van der Waals surface area contributed by atoms with Gasteiger partial charge in [0.25, 0.3) is 0 Å². The summed E-state index contributed by atoms with van der Waals surface area (Å²) in [6.07, 6.45) is 6.93. The zero-order valence-corrected chi connectivity index (χ0v) is 11.5. The summed E-state index contributed by atoms with van der Waals surface area (Å²) in [4.78, 5) is 2.68. The standard InChI is InChI=1S/C14H30N2/c1-4-6-7-10-16-11-8-9-14(12-16)13(3)15-5-2/h13-15H,4-12H2,1-3H3. The van der Waals surface area contributed by atoms with Gasteiger partial charge in [-0.1, -0.05) is 26.7 Å². The molecule has 1 fully saturated rings. The number of unbranched alkanes of at least 4 members (excludes halogenated alkanes) is 2. The van der Waals surface area contributed by atoms with Gasteiger partial charge in [-0.3, -0.25) is 0 Å². The second kappa shape index (κ2) is 8.08. The molecule has 2 unspecified atom stereocenters. The van der Waals surface area contributed by atoms with Crippen LogP contribution in [-0.2, 0) is 0 Å². The van der Waals surface area contributed by atoms with Crippen molar-refractivity contribution in [3.8, 4) is 0 Å². The summed E-state index contributed by atoms with van der Waals surface area (Å²) in [5.74, 6) is 0.871. The van der Waals surface area contributed by atoms with Crippen molar-refractivity contribution in [3.63, 3.8) is 0 Å². The Morgan fingerprint density at radius 2 is 2.12 bits per heavy atom. The maximum absolute atomic E-state index is 3.58. The lowest BCUT2D eigenvalue weighted by atomic mass is 9.91. The molecule has 1 rings (SSSR count). The SMILES string of the molecule is CCCCCN1CCCC(C(C)NCC)C1. The third-order valence-electron chi connectivity index (χ3n) is 3.85. The van der Waals surface area contributed by atoms with E-state index in [0.717, 1.165) is 12.5 Å². The lowest BCUT2D eigenvalue weighted by Crippen LogP contribution is -2.44. The molecule has 0 saturated carbocycles. The van der Waals surface area contributed by atoms with E-state index >= 15 is 0 Å². The van der Waals surface area contributed by atoms with Gasteiger partial charge in [-0.2, -0.15) is 0 Å². The Kier molecular flexibility index (Phi) is 7.06. The first-order chi connectivity index (χ1) is 7.77. The average Bonchev–Trinajstić information content (AvgIpc) is 2.30. The molecular formula is C14H30N2. The summed E-state index contributed by atoms with van der Waals surface area (Å²) in [5, 5.41) is 3.58. The van der Waals surface area contributed by atoms with Gasteiger partial charge in [0.05, 0.1) is 0 Å². The van der Waals surface area contributed by atoms with Crippen molar-refractivity contribution in [2.45, 2.75) is 58.9 Å². The number of nitrogens with one attached hydrogen (secondary N) is 1. The van der Waals surface area contributed by atoms with Crippen LogP contribution in [0.25, 0.3) is 0 Å². The van der Waals surface area contributed by atoms with E-state index in [4.69, 9.17) is 0 Å². The molecule has 1 aliphatic heterocycles. The van der Waals surface area contributed by atoms with E-state index in [9.17, 15) is 0 Å². The first kappa shape index (κ1) is 14.0. The zero-order valence-electron chi connectivity index (χ0n) is 11.5. The molecule has 0 aromatic rings. The highest BCUT2D eigenvalue weighted by Crippen LogP contribution is 2.20. The number of rotatable bonds is 7. The fraction of sp³-hybridized carbons (Fsp3) is 1.00. The van der Waals surface area contributed by atoms with Crippen molar-refractivity contribution in [2.24, 2.45) is 5.92 Å². The van der Waals surface area contributed by atoms with Crippen molar-refractivity contribution >= 4 is 0 Å². The number of piperidine rings is 1. The van der Waals surface area contributed by atoms with Gasteiger partial charge < -0.3 is 10.2 Å². The van der Waals surface area contributed by atoms with Crippen LogP contribution in [0.3, 0.4) is 0 Å². The average molecular weight is 226 g/mol. The van der Waals surface area contributed by atoms with Crippen LogP contribution in [-0.4, -0.2) is 37.1 Å². The van der Waals surface area contributed by atoms with E-state index in [1.807, 2.05) is 0 Å². The first-order valence-electron chi connectivity index (χ1n) is 7.23. The molecule has 96 valence electrons. The molecule has 2 atom stereocenters. The Hall–Kier alpha value is -0.0800. The van der Waals surface area contributed by atoms with E-state index in [2.05, 4.69) is 31.0 Å². The Bertz CT molecular complexity index is 170. The zero-order chi connectivity index (χ0) is 11.8. The van der Waals surface area contributed by atoms with Gasteiger partial charge >= 0.3 is 0 Å². The molecule has 0 bridgehead atoms. The predicted octanol–water partition coefficient (Wildman–Crippen LogP) is 2.89. The number of hydrogen-bond acceptors (Lipinski definition) is 2. The second-order valence-electron chi connectivity index (χ2n) is 5.26. The minimum Gasteiger partial charge on any atom is -0.314 e. The van der Waals surface area contributed by atoms with Crippen LogP contribution < -0.4 is 5.32 Å². The van der Waals surface area contributed by atoms with Gasteiger partial charge in [0.2, 0.25) is 0 Å². The van der Waals surface area contributed by atoms with Gasteiger partial charge in [0, 0.05) is 12.6 Å². The fourth-order valence-corrected chi connectivity index (χ4v) is 2.78. The molecule has 0 spiro atoms. The molecule has 0 radical (unpaired) electrons. The molecule has 0 aromatic heterocycles. The fourth-order valence-electron chi connectivity index (χ4n) is 2.78. The highest BCUT2D eigenvalue weighted by Gasteiger charge is 2.23. The van der Waals surface area contributed by atoms with E-state index in [1.54, 1.807) is 0 Å². The normalized spacial score (nSPS) is 24.6. The topological polar surface area (TPSA) is 15.3 Å². The third-order valence-corrected chi connectivity index (χ3v) is 3.85. The summed E-state index contributed by atoms with van der Waals surface area (Å²) >= 11 is 0. The van der Waals surface area contributed by atoms with Gasteiger partial charge in [-0.05, 0) is 51.7 Å². The van der Waals surface area contributed by atoms with Gasteiger partial charge in [0.1, 0.15) is 0 Å². The molecule has 2 nitrogen and oxygen atoms in total. The molecule has 0 aliphatic carbocycles. The lowest BCUT2D eigenvalue weighted by Gasteiger charge is -2.36. The summed E-state index contributed by atoms with van der Waals surface area (Å²) in [5.41, 5.74) is 0. The highest BCUT2D eigenvalue weighted by molar-refractivity contribution is 4.80. The van der Waals surface area contributed by atoms with Gasteiger partial charge in [-0.25, -0.2) is 0 Å². The molecular weight excluding hydrogens is 196 g/mol. The quantitative estimate of drug-likeness (QED) is 0.672. The Morgan fingerprint density at radius 3 is 2.81 bits per heavy atom. The number of nitrogens with zero attached hydrogens (tertiary/aromatic N) is 1. The van der Waals surface area contributed by atoms with Crippen LogP contribution in [0.2, 0.25) is 0 Å². The maximum Gasteiger partial charge on any atom is 0.00791 e. The van der Waals surface area contributed by atoms with E-state index in [1.165, 1.54) is 51.7 Å². The summed E-state index contributed by atoms with van der Waals surface area (Å²) in [7, 11) is 0. The molecule has 1 saturated heterocycles. The summed E-state index contributed by atoms with van der Waals surface area (Å²) in [6, 6.07) is 0.693. The Morgan fingerprint density at radius 1 is 1.31 bits per heavy atom. The van der Waals surface area contributed by atoms with Crippen LogP contribution in [0.5, 0.6) is 0 Å². The van der Waals surface area contributed by atoms with Crippen molar-refractivity contribution in [2.75, 3.05) is 26.2 Å². The van der Waals surface area contributed by atoms with Gasteiger partial charge in [-0.15, -0.1) is 0 Å². The van der Waals surface area contributed by atoms with E-state index in [-0.39, 0.29) is 0 Å². The molecule has 1 N–H and O–H groups in total. The van der Waals surface area contributed by atoms with Crippen LogP contribution in [0.4, 0.5) is 0 Å². The molecule has 16 heavy (non-hydrogen) atoms. The number of hydrogen-bond donors (Lipinski definition) is 1. The van der Waals surface area contributed by atoms with Crippen molar-refractivity contribution in [3.05, 3.63) is 0 Å². The third kappa shape index (κ3) is 4.84. The Balaban J connectivity index is 2.23. The molecule has 1 heterocycles. The molecule has 1 aliphatic rings. The van der Waals surface area contributed by atoms with E-state index < -0.39 is 0 Å². The minimum atomic E-state index is 0.693. The smallest absolute Gasteiger partial charge is 0.00791 e. The monoisotopic (exact) mass is 226 g/mol. The van der Waals surface area contributed by atoms with Crippen LogP contribution >= 0.6 is 0 Å². The van der Waals surface area contributed by atoms with Crippen LogP contribution in [0, 0.1) is 5.92 Å². The molecule has 0 aromatic carbocycles. The lowest BCUT2D eigenvalue weighted by molar-refractivity contribution is 0.149. The van der Waals surface area contributed by atoms with Crippen molar-refractivity contribution in [1.29, 1.82) is 0 Å². The van der Waals surface area contributed by atoms with Crippen molar-refractivity contribution < 1.29 is 0 Å². The summed E-state index contributed by atoms with van der Waals surface area (Å²) < 4.78 is 0. The number of likely N-dealkylation sites (tertiary alicyclic amines) is 1. The van der Waals surface area contributed by atoms with Gasteiger partial charge in [0.15, 0.2) is 0 Å². The summed E-state index contributed by atoms with van der Waals surface area (Å²) in [6.45, 7) is 11.9. The molecule has 2 heteroatoms. The molecule has 0 amide bonds. The Labute approximate surface area is 102 Å². The largest absolute Gasteiger partial charge is 0.314 e. The van der Waals surface area contributed by atoms with Crippen LogP contribution in [0.1, 0.15) is 52.9 Å². The minimum absolute atomic E-state index is 0.693. The predicted molar refractivity (Wildman–Crippen MR) is 71.8 cm³/mol. The highest BCUT2D eigenvalue weighted by atomic mass is 15.1. The van der Waals surface area contributed by atoms with Crippen molar-refractivity contribution in [1.82, 2.24) is 10.2 Å². The van der Waals surface area contributed by atoms with Crippen LogP contribution in [0.15, 0.2) is 0 Å².